The first-order valence-corrected chi connectivity index (χ1v) is 6.27. The minimum Gasteiger partial charge on any atom is -0.481 e. The van der Waals surface area contributed by atoms with E-state index in [0.717, 1.165) is 15.3 Å². The van der Waals surface area contributed by atoms with Crippen molar-refractivity contribution in [2.24, 2.45) is 0 Å². The summed E-state index contributed by atoms with van der Waals surface area (Å²) in [6, 6.07) is 1.88. The highest BCUT2D eigenvalue weighted by molar-refractivity contribution is 7.12. The predicted octanol–water partition coefficient (Wildman–Crippen LogP) is 2.30. The second-order valence-corrected chi connectivity index (χ2v) is 5.51. The largest absolute Gasteiger partial charge is 0.481 e. The number of carboxylic acid groups (broad SMARTS) is 1. The van der Waals surface area contributed by atoms with Gasteiger partial charge in [-0.2, -0.15) is 0 Å². The fourth-order valence-corrected chi connectivity index (χ4v) is 2.53. The molecule has 0 saturated carbocycles. The molecule has 0 fully saturated rings. The number of nitrogens with zero attached hydrogens (tertiary/aromatic N) is 1. The second-order valence-electron chi connectivity index (χ2n) is 4.05. The van der Waals surface area contributed by atoms with Crippen LogP contribution in [0.2, 0.25) is 0 Å². The highest BCUT2D eigenvalue weighted by Crippen LogP contribution is 2.21. The Labute approximate surface area is 105 Å². The molecule has 0 aliphatic heterocycles. The van der Waals surface area contributed by atoms with E-state index in [9.17, 15) is 9.59 Å². The van der Waals surface area contributed by atoms with E-state index >= 15 is 0 Å². The molecule has 0 aliphatic carbocycles. The van der Waals surface area contributed by atoms with Gasteiger partial charge in [-0.1, -0.05) is 0 Å². The van der Waals surface area contributed by atoms with E-state index in [-0.39, 0.29) is 12.3 Å². The van der Waals surface area contributed by atoms with Gasteiger partial charge >= 0.3 is 5.97 Å². The maximum Gasteiger partial charge on any atom is 0.303 e. The molecule has 1 N–H and O–H groups in total. The van der Waals surface area contributed by atoms with E-state index in [1.54, 1.807) is 23.3 Å². The zero-order valence-corrected chi connectivity index (χ0v) is 11.1. The number of hydrogen-bond acceptors (Lipinski definition) is 3. The lowest BCUT2D eigenvalue weighted by Gasteiger charge is -2.16. The summed E-state index contributed by atoms with van der Waals surface area (Å²) in [6.07, 6.45) is 0.582. The maximum absolute atomic E-state index is 12.0. The lowest BCUT2D eigenvalue weighted by molar-refractivity contribution is -0.137. The average molecular weight is 255 g/mol. The first-order valence-electron chi connectivity index (χ1n) is 5.46. The minimum absolute atomic E-state index is 0.0303. The van der Waals surface area contributed by atoms with Crippen LogP contribution < -0.4 is 0 Å². The van der Waals surface area contributed by atoms with Crippen molar-refractivity contribution in [3.63, 3.8) is 0 Å². The zero-order chi connectivity index (χ0) is 13.0. The molecule has 0 bridgehead atoms. The number of aryl methyl sites for hydroxylation is 2. The van der Waals surface area contributed by atoms with E-state index in [0.29, 0.717) is 13.0 Å². The fraction of sp³-hybridized carbons (Fsp3) is 0.500. The Bertz CT molecular complexity index is 425. The molecule has 94 valence electrons. The van der Waals surface area contributed by atoms with Crippen LogP contribution in [-0.2, 0) is 4.79 Å². The standard InChI is InChI=1S/C12H17NO3S/c1-8-7-10(9(2)17-8)12(16)13(3)6-4-5-11(14)15/h7H,4-6H2,1-3H3,(H,14,15). The molecule has 1 aromatic heterocycles. The van der Waals surface area contributed by atoms with Gasteiger partial charge in [0.2, 0.25) is 0 Å². The smallest absolute Gasteiger partial charge is 0.303 e. The number of thiophene rings is 1. The van der Waals surface area contributed by atoms with Crippen molar-refractivity contribution in [2.75, 3.05) is 13.6 Å². The van der Waals surface area contributed by atoms with Crippen LogP contribution in [0.15, 0.2) is 6.07 Å². The molecular formula is C12H17NO3S. The number of carbonyl (C=O) groups is 2. The Kier molecular flexibility index (Phi) is 4.69. The summed E-state index contributed by atoms with van der Waals surface area (Å²) in [5.74, 6) is -0.856. The second kappa shape index (κ2) is 5.82. The first kappa shape index (κ1) is 13.7. The number of carboxylic acids is 1. The molecule has 5 heteroatoms. The number of hydrogen-bond donors (Lipinski definition) is 1. The summed E-state index contributed by atoms with van der Waals surface area (Å²) >= 11 is 1.60. The molecule has 0 radical (unpaired) electrons. The third-order valence-corrected chi connectivity index (χ3v) is 3.47. The highest BCUT2D eigenvalue weighted by atomic mass is 32.1. The van der Waals surface area contributed by atoms with Crippen LogP contribution in [0.4, 0.5) is 0 Å². The van der Waals surface area contributed by atoms with E-state index < -0.39 is 5.97 Å². The van der Waals surface area contributed by atoms with Crippen LogP contribution in [-0.4, -0.2) is 35.5 Å². The Morgan fingerprint density at radius 1 is 1.41 bits per heavy atom. The SMILES string of the molecule is Cc1cc(C(=O)N(C)CCCC(=O)O)c(C)s1. The third-order valence-electron chi connectivity index (χ3n) is 2.50. The van der Waals surface area contributed by atoms with E-state index in [1.807, 2.05) is 19.9 Å². The lowest BCUT2D eigenvalue weighted by atomic mass is 10.2. The Morgan fingerprint density at radius 3 is 2.53 bits per heavy atom. The molecule has 0 atom stereocenters. The predicted molar refractivity (Wildman–Crippen MR) is 67.6 cm³/mol. The Hall–Kier alpha value is -1.36. The number of aliphatic carboxylic acids is 1. The van der Waals surface area contributed by atoms with E-state index in [2.05, 4.69) is 0 Å². The molecule has 4 nitrogen and oxygen atoms in total. The summed E-state index contributed by atoms with van der Waals surface area (Å²) in [6.45, 7) is 4.37. The normalized spacial score (nSPS) is 10.3. The van der Waals surface area contributed by atoms with Gasteiger partial charge in [0.15, 0.2) is 0 Å². The van der Waals surface area contributed by atoms with Gasteiger partial charge in [-0.05, 0) is 26.3 Å². The molecule has 0 saturated heterocycles. The van der Waals surface area contributed by atoms with Gasteiger partial charge in [-0.15, -0.1) is 11.3 Å². The van der Waals surface area contributed by atoms with Gasteiger partial charge in [0.25, 0.3) is 5.91 Å². The fourth-order valence-electron chi connectivity index (χ4n) is 1.62. The Balaban J connectivity index is 2.57. The van der Waals surface area contributed by atoms with Gasteiger partial charge < -0.3 is 10.0 Å². The van der Waals surface area contributed by atoms with Gasteiger partial charge in [-0.25, -0.2) is 0 Å². The summed E-state index contributed by atoms with van der Waals surface area (Å²) in [5.41, 5.74) is 0.727. The summed E-state index contributed by atoms with van der Waals surface area (Å²) in [4.78, 5) is 26.1. The van der Waals surface area contributed by atoms with Crippen molar-refractivity contribution in [3.05, 3.63) is 21.4 Å². The number of amides is 1. The van der Waals surface area contributed by atoms with Crippen LogP contribution in [0.3, 0.4) is 0 Å². The quantitative estimate of drug-likeness (QED) is 0.878. The lowest BCUT2D eigenvalue weighted by Crippen LogP contribution is -2.28. The molecule has 0 aliphatic rings. The van der Waals surface area contributed by atoms with Gasteiger partial charge in [0.05, 0.1) is 5.56 Å². The van der Waals surface area contributed by atoms with Crippen molar-refractivity contribution >= 4 is 23.2 Å². The number of rotatable bonds is 5. The summed E-state index contributed by atoms with van der Waals surface area (Å²) in [7, 11) is 1.70. The minimum atomic E-state index is -0.826. The Morgan fingerprint density at radius 2 is 2.06 bits per heavy atom. The van der Waals surface area contributed by atoms with E-state index in [4.69, 9.17) is 5.11 Å². The van der Waals surface area contributed by atoms with Crippen LogP contribution in [0.1, 0.15) is 33.0 Å². The molecule has 17 heavy (non-hydrogen) atoms. The van der Waals surface area contributed by atoms with Gasteiger partial charge in [0.1, 0.15) is 0 Å². The van der Waals surface area contributed by atoms with Crippen LogP contribution in [0.5, 0.6) is 0 Å². The number of carbonyl (C=O) groups excluding carboxylic acids is 1. The third kappa shape index (κ3) is 3.85. The molecule has 0 aromatic carbocycles. The highest BCUT2D eigenvalue weighted by Gasteiger charge is 2.16. The van der Waals surface area contributed by atoms with Gasteiger partial charge in [0, 0.05) is 29.8 Å². The van der Waals surface area contributed by atoms with Crippen LogP contribution in [0.25, 0.3) is 0 Å². The molecule has 1 rings (SSSR count). The topological polar surface area (TPSA) is 57.6 Å². The molecule has 1 heterocycles. The summed E-state index contributed by atoms with van der Waals surface area (Å²) in [5, 5.41) is 8.53. The monoisotopic (exact) mass is 255 g/mol. The molecule has 1 aromatic rings. The van der Waals surface area contributed by atoms with Crippen molar-refractivity contribution in [3.8, 4) is 0 Å². The zero-order valence-electron chi connectivity index (χ0n) is 10.3. The first-order chi connectivity index (χ1) is 7.91. The van der Waals surface area contributed by atoms with Crippen LogP contribution in [0, 0.1) is 13.8 Å². The van der Waals surface area contributed by atoms with Crippen molar-refractivity contribution in [1.29, 1.82) is 0 Å². The van der Waals surface area contributed by atoms with Crippen LogP contribution >= 0.6 is 11.3 Å². The summed E-state index contributed by atoms with van der Waals surface area (Å²) < 4.78 is 0. The average Bonchev–Trinajstić information content (AvgIpc) is 2.56. The molecule has 0 unspecified atom stereocenters. The van der Waals surface area contributed by atoms with Crippen molar-refractivity contribution in [1.82, 2.24) is 4.90 Å². The van der Waals surface area contributed by atoms with Crippen molar-refractivity contribution < 1.29 is 14.7 Å². The van der Waals surface area contributed by atoms with E-state index in [1.165, 1.54) is 0 Å². The van der Waals surface area contributed by atoms with Gasteiger partial charge in [-0.3, -0.25) is 9.59 Å². The molecule has 0 spiro atoms. The molecule has 1 amide bonds. The molecular weight excluding hydrogens is 238 g/mol. The maximum atomic E-state index is 12.0. The van der Waals surface area contributed by atoms with Crippen molar-refractivity contribution in [2.45, 2.75) is 26.7 Å².